The van der Waals surface area contributed by atoms with Crippen LogP contribution < -0.4 is 10.6 Å². The number of rotatable bonds is 11. The lowest BCUT2D eigenvalue weighted by molar-refractivity contribution is 0.0950. The minimum Gasteiger partial charge on any atom is -0.348 e. The molecule has 0 aliphatic carbocycles. The van der Waals surface area contributed by atoms with Gasteiger partial charge in [0.25, 0.3) is 5.91 Å². The van der Waals surface area contributed by atoms with Crippen molar-refractivity contribution in [2.75, 3.05) is 0 Å². The number of carbonyl (C=O) groups excluding carboxylic acids is 1. The summed E-state index contributed by atoms with van der Waals surface area (Å²) in [4.78, 5) is 12.7. The summed E-state index contributed by atoms with van der Waals surface area (Å²) in [6.45, 7) is 4.22. The van der Waals surface area contributed by atoms with Gasteiger partial charge in [0.1, 0.15) is 0 Å². The number of carbonyl (C=O) groups is 1. The number of unbranched alkanes of at least 4 members (excludes halogenated alkanes) is 2. The van der Waals surface area contributed by atoms with Crippen LogP contribution in [0.4, 0.5) is 0 Å². The summed E-state index contributed by atoms with van der Waals surface area (Å²) in [6.07, 6.45) is 4.85. The van der Waals surface area contributed by atoms with Gasteiger partial charge >= 0.3 is 0 Å². The van der Waals surface area contributed by atoms with Crippen molar-refractivity contribution in [1.29, 1.82) is 0 Å². The Morgan fingerprint density at radius 3 is 2.03 bits per heavy atom. The molecule has 3 aromatic carbocycles. The van der Waals surface area contributed by atoms with Gasteiger partial charge in [-0.1, -0.05) is 88.0 Å². The van der Waals surface area contributed by atoms with Crippen LogP contribution in [-0.2, 0) is 26.1 Å². The van der Waals surface area contributed by atoms with Gasteiger partial charge in [0.15, 0.2) is 0 Å². The Labute approximate surface area is 227 Å². The summed E-state index contributed by atoms with van der Waals surface area (Å²) in [7, 11) is 0. The van der Waals surface area contributed by atoms with E-state index < -0.39 is 0 Å². The Morgan fingerprint density at radius 2 is 1.39 bits per heavy atom. The van der Waals surface area contributed by atoms with E-state index in [9.17, 15) is 4.79 Å². The summed E-state index contributed by atoms with van der Waals surface area (Å²) < 4.78 is 3.05. The third-order valence-electron chi connectivity index (χ3n) is 5.49. The van der Waals surface area contributed by atoms with Crippen LogP contribution in [0.15, 0.2) is 69.6 Å². The highest BCUT2D eigenvalue weighted by Crippen LogP contribution is 2.27. The normalized spacial score (nSPS) is 10.9. The van der Waals surface area contributed by atoms with Gasteiger partial charge in [0.05, 0.1) is 0 Å². The molecule has 1 amide bonds. The van der Waals surface area contributed by atoms with Crippen LogP contribution in [0.1, 0.15) is 58.8 Å². The molecule has 0 spiro atoms. The van der Waals surface area contributed by atoms with Crippen LogP contribution in [0.25, 0.3) is 0 Å². The van der Waals surface area contributed by atoms with Crippen LogP contribution in [0.5, 0.6) is 0 Å². The van der Waals surface area contributed by atoms with Crippen molar-refractivity contribution in [3.63, 3.8) is 0 Å². The van der Waals surface area contributed by atoms with Crippen LogP contribution in [0, 0.1) is 3.57 Å². The quantitative estimate of drug-likeness (QED) is 0.160. The number of hydrogen-bond donors (Lipinski definition) is 2. The second-order valence-corrected chi connectivity index (χ2v) is 11.1. The standard InChI is InChI=1S/C27H29Br2IN2O/c1-2-3-4-5-19-6-8-21(9-7-19)17-32-27(33)22-14-25(28)24(26(29)15-22)18-31-16-20-10-12-23(30)13-11-20/h6-15,31H,2-5,16-18H2,1H3,(H,32,33). The monoisotopic (exact) mass is 682 g/mol. The molecule has 0 bridgehead atoms. The fourth-order valence-corrected chi connectivity index (χ4v) is 5.35. The van der Waals surface area contributed by atoms with Crippen LogP contribution in [0.3, 0.4) is 0 Å². The highest BCUT2D eigenvalue weighted by Gasteiger charge is 2.12. The van der Waals surface area contributed by atoms with Crippen molar-refractivity contribution in [2.45, 2.75) is 52.2 Å². The van der Waals surface area contributed by atoms with Crippen LogP contribution in [-0.4, -0.2) is 5.91 Å². The first-order valence-electron chi connectivity index (χ1n) is 11.3. The Hall–Kier alpha value is -1.22. The van der Waals surface area contributed by atoms with Gasteiger partial charge in [0.2, 0.25) is 0 Å². The van der Waals surface area contributed by atoms with E-state index in [4.69, 9.17) is 0 Å². The average molecular weight is 684 g/mol. The summed E-state index contributed by atoms with van der Waals surface area (Å²) in [5.41, 5.74) is 5.43. The molecule has 174 valence electrons. The van der Waals surface area contributed by atoms with Crippen molar-refractivity contribution < 1.29 is 4.79 Å². The molecule has 3 nitrogen and oxygen atoms in total. The summed E-state index contributed by atoms with van der Waals surface area (Å²) in [6, 6.07) is 20.8. The third-order valence-corrected chi connectivity index (χ3v) is 7.63. The van der Waals surface area contributed by atoms with Crippen molar-refractivity contribution in [1.82, 2.24) is 10.6 Å². The maximum absolute atomic E-state index is 12.7. The van der Waals surface area contributed by atoms with Gasteiger partial charge in [-0.25, -0.2) is 0 Å². The molecule has 0 aliphatic heterocycles. The molecule has 3 rings (SSSR count). The van der Waals surface area contributed by atoms with Crippen molar-refractivity contribution in [3.8, 4) is 0 Å². The first-order valence-corrected chi connectivity index (χ1v) is 13.9. The lowest BCUT2D eigenvalue weighted by Crippen LogP contribution is -2.23. The van der Waals surface area contributed by atoms with Gasteiger partial charge in [-0.05, 0) is 82.0 Å². The Morgan fingerprint density at radius 1 is 0.818 bits per heavy atom. The Bertz CT molecular complexity index is 1030. The van der Waals surface area contributed by atoms with Gasteiger partial charge in [0, 0.05) is 37.7 Å². The number of hydrogen-bond acceptors (Lipinski definition) is 2. The molecule has 33 heavy (non-hydrogen) atoms. The van der Waals surface area contributed by atoms with E-state index in [-0.39, 0.29) is 5.91 Å². The summed E-state index contributed by atoms with van der Waals surface area (Å²) >= 11 is 9.59. The molecule has 0 aromatic heterocycles. The van der Waals surface area contributed by atoms with E-state index in [0.29, 0.717) is 18.7 Å². The molecule has 0 atom stereocenters. The fraction of sp³-hybridized carbons (Fsp3) is 0.296. The second kappa shape index (κ2) is 13.6. The molecule has 6 heteroatoms. The third kappa shape index (κ3) is 8.50. The number of benzene rings is 3. The second-order valence-electron chi connectivity index (χ2n) is 8.10. The molecule has 0 radical (unpaired) electrons. The van der Waals surface area contributed by atoms with Crippen LogP contribution >= 0.6 is 54.5 Å². The summed E-state index contributed by atoms with van der Waals surface area (Å²) in [5, 5.41) is 6.51. The minimum absolute atomic E-state index is 0.0816. The zero-order chi connectivity index (χ0) is 23.6. The SMILES string of the molecule is CCCCCc1ccc(CNC(=O)c2cc(Br)c(CNCc3ccc(I)cc3)c(Br)c2)cc1. The number of nitrogens with one attached hydrogen (secondary N) is 2. The van der Waals surface area contributed by atoms with E-state index >= 15 is 0 Å². The molecule has 0 heterocycles. The van der Waals surface area contributed by atoms with E-state index in [1.807, 2.05) is 12.1 Å². The predicted octanol–water partition coefficient (Wildman–Crippen LogP) is 7.77. The predicted molar refractivity (Wildman–Crippen MR) is 152 cm³/mol. The van der Waals surface area contributed by atoms with Crippen molar-refractivity contribution in [2.24, 2.45) is 0 Å². The largest absolute Gasteiger partial charge is 0.348 e. The molecule has 0 aliphatic rings. The lowest BCUT2D eigenvalue weighted by atomic mass is 10.1. The van der Waals surface area contributed by atoms with Crippen LogP contribution in [0.2, 0.25) is 0 Å². The number of halogens is 3. The zero-order valence-electron chi connectivity index (χ0n) is 18.8. The smallest absolute Gasteiger partial charge is 0.251 e. The number of aryl methyl sites for hydroxylation is 1. The first-order chi connectivity index (χ1) is 16.0. The van der Waals surface area contributed by atoms with Gasteiger partial charge in [-0.15, -0.1) is 0 Å². The maximum Gasteiger partial charge on any atom is 0.251 e. The van der Waals surface area contributed by atoms with E-state index in [1.54, 1.807) is 0 Å². The highest BCUT2D eigenvalue weighted by atomic mass is 127. The average Bonchev–Trinajstić information content (AvgIpc) is 2.81. The zero-order valence-corrected chi connectivity index (χ0v) is 24.1. The van der Waals surface area contributed by atoms with Gasteiger partial charge in [-0.3, -0.25) is 4.79 Å². The number of amides is 1. The summed E-state index contributed by atoms with van der Waals surface area (Å²) in [5.74, 6) is -0.0816. The molecular formula is C27H29Br2IN2O. The van der Waals surface area contributed by atoms with Gasteiger partial charge in [-0.2, -0.15) is 0 Å². The van der Waals surface area contributed by atoms with E-state index in [0.717, 1.165) is 33.0 Å². The molecule has 0 fully saturated rings. The molecule has 0 saturated heterocycles. The fourth-order valence-electron chi connectivity index (χ4n) is 3.52. The molecular weight excluding hydrogens is 655 g/mol. The lowest BCUT2D eigenvalue weighted by Gasteiger charge is -2.12. The molecule has 2 N–H and O–H groups in total. The van der Waals surface area contributed by atoms with Crippen molar-refractivity contribution in [3.05, 3.63) is 101 Å². The maximum atomic E-state index is 12.7. The highest BCUT2D eigenvalue weighted by molar-refractivity contribution is 14.1. The molecule has 0 saturated carbocycles. The molecule has 3 aromatic rings. The molecule has 0 unspecified atom stereocenters. The Kier molecular flexibility index (Phi) is 10.9. The van der Waals surface area contributed by atoms with E-state index in [2.05, 4.69) is 121 Å². The Balaban J connectivity index is 1.52. The van der Waals surface area contributed by atoms with Crippen molar-refractivity contribution >= 4 is 60.4 Å². The van der Waals surface area contributed by atoms with E-state index in [1.165, 1.54) is 34.0 Å². The first kappa shape index (κ1) is 26.4. The minimum atomic E-state index is -0.0816. The van der Waals surface area contributed by atoms with Gasteiger partial charge < -0.3 is 10.6 Å². The topological polar surface area (TPSA) is 41.1 Å².